The van der Waals surface area contributed by atoms with E-state index in [-0.39, 0.29) is 0 Å². The van der Waals surface area contributed by atoms with Crippen molar-refractivity contribution in [2.24, 2.45) is 0 Å². The van der Waals surface area contributed by atoms with Gasteiger partial charge in [-0.1, -0.05) is 49.4 Å². The minimum atomic E-state index is 1.08. The number of hydrogen-bond donors (Lipinski definition) is 0. The van der Waals surface area contributed by atoms with Crippen LogP contribution in [0.2, 0.25) is 0 Å². The van der Waals surface area contributed by atoms with Gasteiger partial charge in [0.05, 0.1) is 0 Å². The predicted octanol–water partition coefficient (Wildman–Crippen LogP) is 4.74. The first-order chi connectivity index (χ1) is 7.77. The summed E-state index contributed by atoms with van der Waals surface area (Å²) in [4.78, 5) is 0. The fourth-order valence-electron chi connectivity index (χ4n) is 2.37. The number of rotatable bonds is 2. The number of allylic oxidation sites excluding steroid dienone is 1. The maximum absolute atomic E-state index is 2.29. The van der Waals surface area contributed by atoms with E-state index < -0.39 is 0 Å². The van der Waals surface area contributed by atoms with E-state index in [0.29, 0.717) is 0 Å². The zero-order chi connectivity index (χ0) is 11.5. The van der Waals surface area contributed by atoms with Crippen LogP contribution in [0.1, 0.15) is 30.5 Å². The molecular weight excluding hydrogens is 192 g/mol. The summed E-state index contributed by atoms with van der Waals surface area (Å²) < 4.78 is 0. The Balaban J connectivity index is 2.84. The minimum absolute atomic E-state index is 1.08. The van der Waals surface area contributed by atoms with Crippen LogP contribution in [-0.2, 0) is 6.42 Å². The molecule has 0 radical (unpaired) electrons. The molecule has 0 atom stereocenters. The highest BCUT2D eigenvalue weighted by atomic mass is 14.1. The van der Waals surface area contributed by atoms with Gasteiger partial charge >= 0.3 is 0 Å². The van der Waals surface area contributed by atoms with E-state index >= 15 is 0 Å². The van der Waals surface area contributed by atoms with Crippen LogP contribution in [0.25, 0.3) is 16.8 Å². The van der Waals surface area contributed by atoms with Crippen molar-refractivity contribution in [3.8, 4) is 0 Å². The Hall–Kier alpha value is -1.56. The molecule has 0 heterocycles. The number of aryl methyl sites for hydroxylation is 2. The Bertz CT molecular complexity index is 533. The average molecular weight is 210 g/mol. The summed E-state index contributed by atoms with van der Waals surface area (Å²) in [6.07, 6.45) is 5.40. The van der Waals surface area contributed by atoms with Gasteiger partial charge in [-0.15, -0.1) is 0 Å². The van der Waals surface area contributed by atoms with Gasteiger partial charge in [-0.25, -0.2) is 0 Å². The molecular formula is C16H18. The first-order valence-corrected chi connectivity index (χ1v) is 5.91. The molecule has 0 aliphatic rings. The van der Waals surface area contributed by atoms with Crippen LogP contribution in [0, 0.1) is 6.92 Å². The monoisotopic (exact) mass is 210 g/mol. The van der Waals surface area contributed by atoms with E-state index in [0.717, 1.165) is 6.42 Å². The normalized spacial score (nSPS) is 11.4. The van der Waals surface area contributed by atoms with Gasteiger partial charge in [-0.3, -0.25) is 0 Å². The van der Waals surface area contributed by atoms with Crippen molar-refractivity contribution in [3.05, 3.63) is 53.1 Å². The third-order valence-electron chi connectivity index (χ3n) is 3.10. The molecule has 0 heteroatoms. The van der Waals surface area contributed by atoms with Gasteiger partial charge in [0.2, 0.25) is 0 Å². The molecule has 0 saturated heterocycles. The van der Waals surface area contributed by atoms with Crippen molar-refractivity contribution < 1.29 is 0 Å². The molecule has 16 heavy (non-hydrogen) atoms. The second-order valence-corrected chi connectivity index (χ2v) is 4.16. The van der Waals surface area contributed by atoms with Crippen molar-refractivity contribution in [2.45, 2.75) is 27.2 Å². The van der Waals surface area contributed by atoms with Gasteiger partial charge in [0.15, 0.2) is 0 Å². The Morgan fingerprint density at radius 2 is 1.81 bits per heavy atom. The quantitative estimate of drug-likeness (QED) is 0.671. The number of benzene rings is 2. The fourth-order valence-corrected chi connectivity index (χ4v) is 2.37. The van der Waals surface area contributed by atoms with Gasteiger partial charge in [-0.2, -0.15) is 0 Å². The maximum atomic E-state index is 2.29. The lowest BCUT2D eigenvalue weighted by atomic mass is 9.93. The van der Waals surface area contributed by atoms with E-state index in [1.807, 2.05) is 0 Å². The second kappa shape index (κ2) is 4.52. The molecule has 0 saturated carbocycles. The SMILES string of the molecule is C/C=C\c1cc(C)c2ccccc2c1CC. The summed E-state index contributed by atoms with van der Waals surface area (Å²) in [5.74, 6) is 0. The summed E-state index contributed by atoms with van der Waals surface area (Å²) >= 11 is 0. The molecule has 2 aromatic rings. The third kappa shape index (κ3) is 1.76. The molecule has 0 fully saturated rings. The predicted molar refractivity (Wildman–Crippen MR) is 72.8 cm³/mol. The van der Waals surface area contributed by atoms with E-state index in [4.69, 9.17) is 0 Å². The first kappa shape index (κ1) is 10.9. The van der Waals surface area contributed by atoms with Crippen molar-refractivity contribution in [3.63, 3.8) is 0 Å². The van der Waals surface area contributed by atoms with Crippen LogP contribution < -0.4 is 0 Å². The lowest BCUT2D eigenvalue weighted by Crippen LogP contribution is -1.91. The van der Waals surface area contributed by atoms with Crippen molar-refractivity contribution >= 4 is 16.8 Å². The molecule has 0 N–H and O–H groups in total. The molecule has 2 aromatic carbocycles. The summed E-state index contributed by atoms with van der Waals surface area (Å²) in [6, 6.07) is 11.0. The van der Waals surface area contributed by atoms with Gasteiger partial charge in [0.25, 0.3) is 0 Å². The molecule has 0 nitrogen and oxygen atoms in total. The molecule has 0 aliphatic heterocycles. The van der Waals surface area contributed by atoms with Crippen LogP contribution in [0.4, 0.5) is 0 Å². The zero-order valence-electron chi connectivity index (χ0n) is 10.2. The summed E-state index contributed by atoms with van der Waals surface area (Å²) in [5, 5.41) is 2.78. The van der Waals surface area contributed by atoms with Gasteiger partial charge < -0.3 is 0 Å². The number of hydrogen-bond acceptors (Lipinski definition) is 0. The van der Waals surface area contributed by atoms with Crippen molar-refractivity contribution in [1.82, 2.24) is 0 Å². The van der Waals surface area contributed by atoms with Crippen LogP contribution in [0.5, 0.6) is 0 Å². The first-order valence-electron chi connectivity index (χ1n) is 5.91. The minimum Gasteiger partial charge on any atom is -0.0871 e. The second-order valence-electron chi connectivity index (χ2n) is 4.16. The Labute approximate surface area is 97.6 Å². The molecule has 0 unspecified atom stereocenters. The summed E-state index contributed by atoms with van der Waals surface area (Å²) in [5.41, 5.74) is 4.18. The Morgan fingerprint density at radius 1 is 1.12 bits per heavy atom. The molecule has 0 spiro atoms. The van der Waals surface area contributed by atoms with E-state index in [2.05, 4.69) is 63.3 Å². The zero-order valence-corrected chi connectivity index (χ0v) is 10.2. The van der Waals surface area contributed by atoms with Gasteiger partial charge in [0.1, 0.15) is 0 Å². The van der Waals surface area contributed by atoms with Crippen LogP contribution in [0.3, 0.4) is 0 Å². The Kier molecular flexibility index (Phi) is 3.09. The van der Waals surface area contributed by atoms with E-state index in [1.165, 1.54) is 27.5 Å². The topological polar surface area (TPSA) is 0 Å². The smallest absolute Gasteiger partial charge is 0.0143 e. The maximum Gasteiger partial charge on any atom is -0.0143 e. The lowest BCUT2D eigenvalue weighted by Gasteiger charge is -2.11. The van der Waals surface area contributed by atoms with Gasteiger partial charge in [-0.05, 0) is 47.7 Å². The standard InChI is InChI=1S/C16H18/c1-4-8-13-11-12(3)15-9-6-7-10-16(15)14(13)5-2/h4,6-11H,5H2,1-3H3/b8-4-. The fraction of sp³-hybridized carbons (Fsp3) is 0.250. The van der Waals surface area contributed by atoms with Crippen LogP contribution in [-0.4, -0.2) is 0 Å². The molecule has 2 rings (SSSR count). The lowest BCUT2D eigenvalue weighted by molar-refractivity contribution is 1.15. The average Bonchev–Trinajstić information content (AvgIpc) is 2.30. The van der Waals surface area contributed by atoms with Gasteiger partial charge in [0, 0.05) is 0 Å². The molecule has 0 bridgehead atoms. The van der Waals surface area contributed by atoms with E-state index in [9.17, 15) is 0 Å². The largest absolute Gasteiger partial charge is 0.0871 e. The molecule has 82 valence electrons. The van der Waals surface area contributed by atoms with Crippen molar-refractivity contribution in [2.75, 3.05) is 0 Å². The van der Waals surface area contributed by atoms with Crippen LogP contribution >= 0.6 is 0 Å². The highest BCUT2D eigenvalue weighted by Crippen LogP contribution is 2.27. The highest BCUT2D eigenvalue weighted by molar-refractivity contribution is 5.91. The van der Waals surface area contributed by atoms with Crippen LogP contribution in [0.15, 0.2) is 36.4 Å². The highest BCUT2D eigenvalue weighted by Gasteiger charge is 2.06. The van der Waals surface area contributed by atoms with E-state index in [1.54, 1.807) is 0 Å². The number of fused-ring (bicyclic) bond motifs is 1. The molecule has 0 amide bonds. The summed E-state index contributed by atoms with van der Waals surface area (Å²) in [7, 11) is 0. The Morgan fingerprint density at radius 3 is 2.44 bits per heavy atom. The molecule has 0 aromatic heterocycles. The summed E-state index contributed by atoms with van der Waals surface area (Å²) in [6.45, 7) is 6.49. The molecule has 0 aliphatic carbocycles. The van der Waals surface area contributed by atoms with Crippen molar-refractivity contribution in [1.29, 1.82) is 0 Å². The third-order valence-corrected chi connectivity index (χ3v) is 3.10.